The fourth-order valence-electron chi connectivity index (χ4n) is 2.83. The Morgan fingerprint density at radius 2 is 2.30 bits per heavy atom. The van der Waals surface area contributed by atoms with E-state index in [2.05, 4.69) is 27.0 Å². The smallest absolute Gasteiger partial charge is 0.312 e. The Morgan fingerprint density at radius 3 is 3.00 bits per heavy atom. The van der Waals surface area contributed by atoms with Crippen LogP contribution < -0.4 is 0 Å². The van der Waals surface area contributed by atoms with E-state index in [1.54, 1.807) is 0 Å². The Labute approximate surface area is 125 Å². The van der Waals surface area contributed by atoms with Crippen LogP contribution in [0.2, 0.25) is 0 Å². The summed E-state index contributed by atoms with van der Waals surface area (Å²) in [6, 6.07) is 8.13. The molecule has 1 aromatic carbocycles. The summed E-state index contributed by atoms with van der Waals surface area (Å²) in [5, 5.41) is 9.37. The van der Waals surface area contributed by atoms with Gasteiger partial charge in [0.1, 0.15) is 10.4 Å². The minimum atomic E-state index is -0.776. The van der Waals surface area contributed by atoms with Crippen molar-refractivity contribution in [1.82, 2.24) is 9.55 Å². The molecule has 3 rings (SSSR count). The summed E-state index contributed by atoms with van der Waals surface area (Å²) in [7, 11) is 0. The number of carboxylic acid groups (broad SMARTS) is 1. The molecule has 1 aliphatic heterocycles. The molecular weight excluding hydrogens is 320 g/mol. The van der Waals surface area contributed by atoms with E-state index in [9.17, 15) is 9.90 Å². The molecule has 0 saturated heterocycles. The van der Waals surface area contributed by atoms with Gasteiger partial charge >= 0.3 is 5.97 Å². The Hall–Kier alpha value is -1.62. The van der Waals surface area contributed by atoms with Gasteiger partial charge in [-0.1, -0.05) is 23.8 Å². The van der Waals surface area contributed by atoms with E-state index in [1.165, 1.54) is 5.56 Å². The van der Waals surface area contributed by atoms with E-state index < -0.39 is 11.9 Å². The number of benzene rings is 1. The highest BCUT2D eigenvalue weighted by atomic mass is 79.9. The van der Waals surface area contributed by atoms with E-state index in [0.29, 0.717) is 11.0 Å². The number of halogens is 1. The highest BCUT2D eigenvalue weighted by Gasteiger charge is 2.32. The number of fused-ring (bicyclic) bond motifs is 1. The van der Waals surface area contributed by atoms with Crippen LogP contribution >= 0.6 is 15.9 Å². The minimum absolute atomic E-state index is 0.468. The summed E-state index contributed by atoms with van der Waals surface area (Å²) < 4.78 is 2.70. The van der Waals surface area contributed by atoms with Gasteiger partial charge in [-0.15, -0.1) is 0 Å². The van der Waals surface area contributed by atoms with Crippen LogP contribution in [0.3, 0.4) is 0 Å². The van der Waals surface area contributed by atoms with Gasteiger partial charge in [0.25, 0.3) is 0 Å². The van der Waals surface area contributed by atoms with Crippen molar-refractivity contribution in [2.75, 3.05) is 0 Å². The first-order valence-corrected chi connectivity index (χ1v) is 7.43. The molecule has 2 aromatic rings. The number of hydrogen-bond donors (Lipinski definition) is 1. The second kappa shape index (κ2) is 5.05. The van der Waals surface area contributed by atoms with E-state index in [4.69, 9.17) is 0 Å². The zero-order valence-corrected chi connectivity index (χ0v) is 12.7. The molecule has 0 bridgehead atoms. The third kappa shape index (κ3) is 2.16. The lowest BCUT2D eigenvalue weighted by Gasteiger charge is -2.22. The second-order valence-electron chi connectivity index (χ2n) is 5.17. The summed E-state index contributed by atoms with van der Waals surface area (Å²) in [6.45, 7) is 2.86. The Bertz CT molecular complexity index is 679. The summed E-state index contributed by atoms with van der Waals surface area (Å²) in [5.41, 5.74) is 2.99. The predicted molar refractivity (Wildman–Crippen MR) is 79.7 cm³/mol. The third-order valence-corrected chi connectivity index (χ3v) is 4.32. The van der Waals surface area contributed by atoms with Gasteiger partial charge in [-0.2, -0.15) is 0 Å². The van der Waals surface area contributed by atoms with Gasteiger partial charge in [-0.25, -0.2) is 4.98 Å². The zero-order chi connectivity index (χ0) is 14.3. The molecule has 1 atom stereocenters. The first-order valence-electron chi connectivity index (χ1n) is 6.63. The molecular formula is C15H15BrN2O2. The van der Waals surface area contributed by atoms with Gasteiger partial charge in [0.15, 0.2) is 0 Å². The van der Waals surface area contributed by atoms with Crippen molar-refractivity contribution in [1.29, 1.82) is 0 Å². The molecule has 1 unspecified atom stereocenters. The lowest BCUT2D eigenvalue weighted by molar-refractivity contribution is -0.139. The SMILES string of the molecule is Cc1cccc(-c2nc(Br)c3n2CCCC3C(=O)O)c1. The molecule has 0 aliphatic carbocycles. The van der Waals surface area contributed by atoms with E-state index in [-0.39, 0.29) is 0 Å². The molecule has 0 amide bonds. The lowest BCUT2D eigenvalue weighted by Crippen LogP contribution is -2.22. The largest absolute Gasteiger partial charge is 0.481 e. The molecule has 1 N–H and O–H groups in total. The number of imidazole rings is 1. The van der Waals surface area contributed by atoms with Crippen LogP contribution in [-0.2, 0) is 11.3 Å². The number of aliphatic carboxylic acids is 1. The summed E-state index contributed by atoms with van der Waals surface area (Å²) >= 11 is 3.43. The van der Waals surface area contributed by atoms with Crippen LogP contribution in [0.15, 0.2) is 28.9 Å². The topological polar surface area (TPSA) is 55.1 Å². The normalized spacial score (nSPS) is 17.8. The molecule has 0 spiro atoms. The summed E-state index contributed by atoms with van der Waals surface area (Å²) in [6.07, 6.45) is 1.54. The monoisotopic (exact) mass is 334 g/mol. The third-order valence-electron chi connectivity index (χ3n) is 3.74. The van der Waals surface area contributed by atoms with Crippen molar-refractivity contribution in [3.05, 3.63) is 40.1 Å². The fourth-order valence-corrected chi connectivity index (χ4v) is 3.49. The van der Waals surface area contributed by atoms with Gasteiger partial charge in [-0.3, -0.25) is 4.79 Å². The molecule has 4 nitrogen and oxygen atoms in total. The Morgan fingerprint density at radius 1 is 1.50 bits per heavy atom. The summed E-state index contributed by atoms with van der Waals surface area (Å²) in [4.78, 5) is 16.0. The highest BCUT2D eigenvalue weighted by molar-refractivity contribution is 9.10. The van der Waals surface area contributed by atoms with Crippen molar-refractivity contribution >= 4 is 21.9 Å². The number of rotatable bonds is 2. The maximum absolute atomic E-state index is 11.4. The van der Waals surface area contributed by atoms with Crippen molar-refractivity contribution in [2.45, 2.75) is 32.2 Å². The van der Waals surface area contributed by atoms with Crippen molar-refractivity contribution in [3.63, 3.8) is 0 Å². The van der Waals surface area contributed by atoms with Crippen molar-refractivity contribution in [2.24, 2.45) is 0 Å². The molecule has 104 valence electrons. The van der Waals surface area contributed by atoms with Crippen LogP contribution in [0.1, 0.15) is 30.0 Å². The van der Waals surface area contributed by atoms with Gasteiger partial charge < -0.3 is 9.67 Å². The quantitative estimate of drug-likeness (QED) is 0.913. The molecule has 1 aromatic heterocycles. The highest BCUT2D eigenvalue weighted by Crippen LogP contribution is 2.37. The number of aryl methyl sites for hydroxylation is 1. The lowest BCUT2D eigenvalue weighted by atomic mass is 9.96. The van der Waals surface area contributed by atoms with Crippen LogP contribution in [0.25, 0.3) is 11.4 Å². The standard InChI is InChI=1S/C15H15BrN2O2/c1-9-4-2-5-10(8-9)14-17-13(16)12-11(15(19)20)6-3-7-18(12)14/h2,4-5,8,11H,3,6-7H2,1H3,(H,19,20). The molecule has 0 radical (unpaired) electrons. The zero-order valence-electron chi connectivity index (χ0n) is 11.1. The molecule has 0 fully saturated rings. The predicted octanol–water partition coefficient (Wildman–Crippen LogP) is 3.58. The fraction of sp³-hybridized carbons (Fsp3) is 0.333. The molecule has 0 saturated carbocycles. The van der Waals surface area contributed by atoms with Crippen molar-refractivity contribution < 1.29 is 9.90 Å². The number of carboxylic acids is 1. The van der Waals surface area contributed by atoms with Gasteiger partial charge in [0, 0.05) is 12.1 Å². The first kappa shape index (κ1) is 13.4. The van der Waals surface area contributed by atoms with Crippen LogP contribution in [0.4, 0.5) is 0 Å². The molecule has 2 heterocycles. The maximum atomic E-state index is 11.4. The maximum Gasteiger partial charge on any atom is 0.312 e. The van der Waals surface area contributed by atoms with E-state index >= 15 is 0 Å². The molecule has 20 heavy (non-hydrogen) atoms. The Kier molecular flexibility index (Phi) is 3.38. The summed E-state index contributed by atoms with van der Waals surface area (Å²) in [5.74, 6) is -0.395. The van der Waals surface area contributed by atoms with Gasteiger partial charge in [0.2, 0.25) is 0 Å². The van der Waals surface area contributed by atoms with Crippen LogP contribution in [0.5, 0.6) is 0 Å². The van der Waals surface area contributed by atoms with Crippen molar-refractivity contribution in [3.8, 4) is 11.4 Å². The average Bonchev–Trinajstić information content (AvgIpc) is 2.76. The van der Waals surface area contributed by atoms with Gasteiger partial charge in [-0.05, 0) is 41.8 Å². The van der Waals surface area contributed by atoms with E-state index in [0.717, 1.165) is 30.0 Å². The molecule has 5 heteroatoms. The molecule has 1 aliphatic rings. The minimum Gasteiger partial charge on any atom is -0.481 e. The number of hydrogen-bond acceptors (Lipinski definition) is 2. The average molecular weight is 335 g/mol. The number of nitrogens with zero attached hydrogens (tertiary/aromatic N) is 2. The van der Waals surface area contributed by atoms with Gasteiger partial charge in [0.05, 0.1) is 11.6 Å². The van der Waals surface area contributed by atoms with Crippen LogP contribution in [0, 0.1) is 6.92 Å². The Balaban J connectivity index is 2.16. The first-order chi connectivity index (χ1) is 9.58. The van der Waals surface area contributed by atoms with E-state index in [1.807, 2.05) is 29.7 Å². The number of aromatic nitrogens is 2. The van der Waals surface area contributed by atoms with Crippen LogP contribution in [-0.4, -0.2) is 20.6 Å². The number of carbonyl (C=O) groups is 1. The second-order valence-corrected chi connectivity index (χ2v) is 5.92.